The van der Waals surface area contributed by atoms with E-state index in [1.165, 1.54) is 12.8 Å². The number of phenolic OH excluding ortho intramolecular Hbond substituents is 1. The number of nitrogens with zero attached hydrogens (tertiary/aromatic N) is 2. The molecular weight excluding hydrogens is 212 g/mol. The first kappa shape index (κ1) is 12.2. The maximum atomic E-state index is 9.99. The van der Waals surface area contributed by atoms with Crippen LogP contribution in [-0.4, -0.2) is 43.2 Å². The predicted molar refractivity (Wildman–Crippen MR) is 71.8 cm³/mol. The van der Waals surface area contributed by atoms with Crippen molar-refractivity contribution in [2.24, 2.45) is 0 Å². The van der Waals surface area contributed by atoms with E-state index in [1.54, 1.807) is 0 Å². The number of rotatable bonds is 2. The van der Waals surface area contributed by atoms with Crippen LogP contribution in [0.4, 0.5) is 5.69 Å². The lowest BCUT2D eigenvalue weighted by Crippen LogP contribution is -2.42. The van der Waals surface area contributed by atoms with Gasteiger partial charge < -0.3 is 14.9 Å². The maximum absolute atomic E-state index is 9.99. The molecule has 3 heteroatoms. The second kappa shape index (κ2) is 4.96. The Hall–Kier alpha value is -1.22. The third-order valence-electron chi connectivity index (χ3n) is 3.75. The summed E-state index contributed by atoms with van der Waals surface area (Å²) in [5, 5.41) is 9.99. The Bertz CT molecular complexity index is 384. The number of phenols is 1. The summed E-state index contributed by atoms with van der Waals surface area (Å²) in [6.45, 7) is 4.28. The minimum absolute atomic E-state index is 0.395. The van der Waals surface area contributed by atoms with Crippen LogP contribution in [0.1, 0.15) is 18.4 Å². The highest BCUT2D eigenvalue weighted by atomic mass is 16.3. The van der Waals surface area contributed by atoms with Crippen LogP contribution in [0.2, 0.25) is 0 Å². The Balaban J connectivity index is 2.11. The Kier molecular flexibility index (Phi) is 3.57. The van der Waals surface area contributed by atoms with Gasteiger partial charge in [-0.05, 0) is 57.6 Å². The molecule has 1 aromatic rings. The topological polar surface area (TPSA) is 26.7 Å². The molecule has 1 heterocycles. The Labute approximate surface area is 104 Å². The fourth-order valence-corrected chi connectivity index (χ4v) is 2.51. The van der Waals surface area contributed by atoms with E-state index in [9.17, 15) is 5.11 Å². The molecule has 2 rings (SSSR count). The molecule has 1 aliphatic rings. The average molecular weight is 234 g/mol. The zero-order chi connectivity index (χ0) is 12.4. The first-order valence-electron chi connectivity index (χ1n) is 6.29. The third-order valence-corrected chi connectivity index (χ3v) is 3.75. The molecule has 0 amide bonds. The number of anilines is 1. The molecule has 0 aromatic heterocycles. The van der Waals surface area contributed by atoms with Crippen molar-refractivity contribution in [3.63, 3.8) is 0 Å². The fraction of sp³-hybridized carbons (Fsp3) is 0.571. The molecule has 1 N–H and O–H groups in total. The molecule has 1 aliphatic heterocycles. The second-order valence-electron chi connectivity index (χ2n) is 5.14. The first-order valence-corrected chi connectivity index (χ1v) is 6.29. The molecule has 0 spiro atoms. The van der Waals surface area contributed by atoms with Crippen molar-refractivity contribution >= 4 is 5.69 Å². The lowest BCUT2D eigenvalue weighted by Gasteiger charge is -2.36. The van der Waals surface area contributed by atoms with E-state index in [2.05, 4.69) is 30.0 Å². The SMILES string of the molecule is Cc1ccc(N(C)C2CCN(C)CC2)c(O)c1. The molecule has 17 heavy (non-hydrogen) atoms. The molecule has 0 saturated carbocycles. The summed E-state index contributed by atoms with van der Waals surface area (Å²) in [5.74, 6) is 0.395. The van der Waals surface area contributed by atoms with Crippen LogP contribution in [0, 0.1) is 6.92 Å². The smallest absolute Gasteiger partial charge is 0.139 e. The van der Waals surface area contributed by atoms with Crippen LogP contribution in [0.25, 0.3) is 0 Å². The molecule has 3 nitrogen and oxygen atoms in total. The van der Waals surface area contributed by atoms with Gasteiger partial charge in [0.2, 0.25) is 0 Å². The second-order valence-corrected chi connectivity index (χ2v) is 5.14. The first-order chi connectivity index (χ1) is 8.08. The van der Waals surface area contributed by atoms with Gasteiger partial charge >= 0.3 is 0 Å². The summed E-state index contributed by atoms with van der Waals surface area (Å²) in [7, 11) is 4.25. The number of benzene rings is 1. The molecule has 0 radical (unpaired) electrons. The summed E-state index contributed by atoms with van der Waals surface area (Å²) in [4.78, 5) is 4.58. The van der Waals surface area contributed by atoms with Crippen molar-refractivity contribution in [1.29, 1.82) is 0 Å². The van der Waals surface area contributed by atoms with Gasteiger partial charge in [-0.1, -0.05) is 6.07 Å². The van der Waals surface area contributed by atoms with E-state index in [-0.39, 0.29) is 0 Å². The summed E-state index contributed by atoms with van der Waals surface area (Å²) in [5.41, 5.74) is 2.05. The molecule has 94 valence electrons. The quantitative estimate of drug-likeness (QED) is 0.850. The maximum Gasteiger partial charge on any atom is 0.139 e. The molecule has 0 unspecified atom stereocenters. The standard InChI is InChI=1S/C14H22N2O/c1-11-4-5-13(14(17)10-11)16(3)12-6-8-15(2)9-7-12/h4-5,10,12,17H,6-9H2,1-3H3. The number of likely N-dealkylation sites (tertiary alicyclic amines) is 1. The zero-order valence-corrected chi connectivity index (χ0v) is 11.0. The van der Waals surface area contributed by atoms with E-state index in [4.69, 9.17) is 0 Å². The molecule has 0 aliphatic carbocycles. The molecule has 0 atom stereocenters. The lowest BCUT2D eigenvalue weighted by molar-refractivity contribution is 0.252. The summed E-state index contributed by atoms with van der Waals surface area (Å²) >= 11 is 0. The van der Waals surface area contributed by atoms with Crippen molar-refractivity contribution in [3.05, 3.63) is 23.8 Å². The Morgan fingerprint density at radius 3 is 2.53 bits per heavy atom. The van der Waals surface area contributed by atoms with Gasteiger partial charge in [0.25, 0.3) is 0 Å². The molecule has 1 saturated heterocycles. The van der Waals surface area contributed by atoms with Gasteiger partial charge in [-0.15, -0.1) is 0 Å². The van der Waals surface area contributed by atoms with E-state index < -0.39 is 0 Å². The number of aryl methyl sites for hydroxylation is 1. The van der Waals surface area contributed by atoms with Gasteiger partial charge in [-0.3, -0.25) is 0 Å². The number of hydrogen-bond donors (Lipinski definition) is 1. The van der Waals surface area contributed by atoms with Crippen LogP contribution >= 0.6 is 0 Å². The van der Waals surface area contributed by atoms with Crippen LogP contribution in [-0.2, 0) is 0 Å². The molecule has 1 aromatic carbocycles. The Morgan fingerprint density at radius 1 is 1.29 bits per heavy atom. The van der Waals surface area contributed by atoms with Gasteiger partial charge in [-0.25, -0.2) is 0 Å². The van der Waals surface area contributed by atoms with E-state index >= 15 is 0 Å². The van der Waals surface area contributed by atoms with Gasteiger partial charge in [-0.2, -0.15) is 0 Å². The normalized spacial score (nSPS) is 18.3. The summed E-state index contributed by atoms with van der Waals surface area (Å²) in [6.07, 6.45) is 2.33. The molecule has 1 fully saturated rings. The zero-order valence-electron chi connectivity index (χ0n) is 11.0. The number of piperidine rings is 1. The van der Waals surface area contributed by atoms with Crippen molar-refractivity contribution in [1.82, 2.24) is 4.90 Å². The van der Waals surface area contributed by atoms with E-state index in [0.717, 1.165) is 24.3 Å². The van der Waals surface area contributed by atoms with Gasteiger partial charge in [0.05, 0.1) is 5.69 Å². The van der Waals surface area contributed by atoms with Gasteiger partial charge in [0.15, 0.2) is 0 Å². The van der Waals surface area contributed by atoms with Crippen molar-refractivity contribution < 1.29 is 5.11 Å². The third kappa shape index (κ3) is 2.72. The summed E-state index contributed by atoms with van der Waals surface area (Å²) in [6, 6.07) is 6.45. The van der Waals surface area contributed by atoms with Crippen LogP contribution < -0.4 is 4.90 Å². The highest BCUT2D eigenvalue weighted by Crippen LogP contribution is 2.30. The van der Waals surface area contributed by atoms with Crippen LogP contribution in [0.5, 0.6) is 5.75 Å². The minimum atomic E-state index is 0.395. The van der Waals surface area contributed by atoms with E-state index in [0.29, 0.717) is 11.8 Å². The Morgan fingerprint density at radius 2 is 1.94 bits per heavy atom. The largest absolute Gasteiger partial charge is 0.506 e. The fourth-order valence-electron chi connectivity index (χ4n) is 2.51. The lowest BCUT2D eigenvalue weighted by atomic mass is 10.0. The molecular formula is C14H22N2O. The minimum Gasteiger partial charge on any atom is -0.506 e. The number of aromatic hydroxyl groups is 1. The van der Waals surface area contributed by atoms with Gasteiger partial charge in [0, 0.05) is 13.1 Å². The van der Waals surface area contributed by atoms with Gasteiger partial charge in [0.1, 0.15) is 5.75 Å². The van der Waals surface area contributed by atoms with Crippen molar-refractivity contribution in [2.45, 2.75) is 25.8 Å². The average Bonchev–Trinajstić information content (AvgIpc) is 2.29. The van der Waals surface area contributed by atoms with Crippen LogP contribution in [0.3, 0.4) is 0 Å². The predicted octanol–water partition coefficient (Wildman–Crippen LogP) is 2.23. The summed E-state index contributed by atoms with van der Waals surface area (Å²) < 4.78 is 0. The highest BCUT2D eigenvalue weighted by molar-refractivity contribution is 5.59. The molecule has 0 bridgehead atoms. The monoisotopic (exact) mass is 234 g/mol. The van der Waals surface area contributed by atoms with Crippen molar-refractivity contribution in [2.75, 3.05) is 32.1 Å². The van der Waals surface area contributed by atoms with Crippen molar-refractivity contribution in [3.8, 4) is 5.75 Å². The van der Waals surface area contributed by atoms with E-state index in [1.807, 2.05) is 19.1 Å². The van der Waals surface area contributed by atoms with Crippen LogP contribution in [0.15, 0.2) is 18.2 Å². The number of hydrogen-bond acceptors (Lipinski definition) is 3. The highest BCUT2D eigenvalue weighted by Gasteiger charge is 2.22.